The molecule has 6 heteroatoms. The molecule has 0 aliphatic rings. The maximum atomic E-state index is 12.2. The van der Waals surface area contributed by atoms with Crippen molar-refractivity contribution in [3.63, 3.8) is 0 Å². The van der Waals surface area contributed by atoms with E-state index in [9.17, 15) is 4.79 Å². The van der Waals surface area contributed by atoms with Crippen LogP contribution >= 0.6 is 11.6 Å². The third kappa shape index (κ3) is 4.98. The van der Waals surface area contributed by atoms with E-state index in [0.717, 1.165) is 6.54 Å². The van der Waals surface area contributed by atoms with Crippen molar-refractivity contribution < 1.29 is 4.79 Å². The molecule has 0 saturated heterocycles. The molecule has 0 spiro atoms. The van der Waals surface area contributed by atoms with E-state index in [1.165, 1.54) is 6.20 Å². The van der Waals surface area contributed by atoms with Crippen molar-refractivity contribution in [2.45, 2.75) is 13.8 Å². The number of hydrogen-bond acceptors (Lipinski definition) is 4. The van der Waals surface area contributed by atoms with Crippen LogP contribution in [0, 0.1) is 5.41 Å². The standard InChI is InChI=1S/C14H23ClN4O/c1-14(2,9-19(4)5)8-18-13(20)10-6-12(16-3)17-7-11(10)15/h6-7H,8-9H2,1-5H3,(H,16,17)(H,18,20). The first-order valence-electron chi connectivity index (χ1n) is 6.51. The van der Waals surface area contributed by atoms with Crippen molar-refractivity contribution >= 4 is 23.3 Å². The Kier molecular flexibility index (Phi) is 5.77. The molecular formula is C14H23ClN4O. The zero-order chi connectivity index (χ0) is 15.3. The highest BCUT2D eigenvalue weighted by molar-refractivity contribution is 6.33. The third-order valence-electron chi connectivity index (χ3n) is 2.83. The lowest BCUT2D eigenvalue weighted by Crippen LogP contribution is -2.40. The van der Waals surface area contributed by atoms with Crippen LogP contribution in [0.15, 0.2) is 12.3 Å². The first-order chi connectivity index (χ1) is 9.25. The fourth-order valence-electron chi connectivity index (χ4n) is 2.08. The molecule has 20 heavy (non-hydrogen) atoms. The molecule has 0 fully saturated rings. The minimum atomic E-state index is -0.180. The van der Waals surface area contributed by atoms with Gasteiger partial charge in [0.1, 0.15) is 5.82 Å². The molecule has 0 aromatic carbocycles. The fraction of sp³-hybridized carbons (Fsp3) is 0.571. The van der Waals surface area contributed by atoms with Gasteiger partial charge >= 0.3 is 0 Å². The number of halogens is 1. The predicted octanol–water partition coefficient (Wildman–Crippen LogP) is 2.09. The average Bonchev–Trinajstić information content (AvgIpc) is 2.35. The Bertz CT molecular complexity index is 474. The van der Waals surface area contributed by atoms with E-state index in [0.29, 0.717) is 22.9 Å². The summed E-state index contributed by atoms with van der Waals surface area (Å²) < 4.78 is 0. The monoisotopic (exact) mass is 298 g/mol. The van der Waals surface area contributed by atoms with Crippen LogP contribution in [-0.4, -0.2) is 50.0 Å². The molecule has 0 atom stereocenters. The molecule has 1 rings (SSSR count). The number of aromatic nitrogens is 1. The second-order valence-electron chi connectivity index (χ2n) is 5.88. The first kappa shape index (κ1) is 16.7. The Morgan fingerprint density at radius 1 is 1.45 bits per heavy atom. The Morgan fingerprint density at radius 3 is 2.65 bits per heavy atom. The average molecular weight is 299 g/mol. The molecule has 1 heterocycles. The van der Waals surface area contributed by atoms with Crippen LogP contribution < -0.4 is 10.6 Å². The summed E-state index contributed by atoms with van der Waals surface area (Å²) in [6, 6.07) is 1.65. The summed E-state index contributed by atoms with van der Waals surface area (Å²) in [6.45, 7) is 5.69. The molecular weight excluding hydrogens is 276 g/mol. The highest BCUT2D eigenvalue weighted by Crippen LogP contribution is 2.19. The zero-order valence-electron chi connectivity index (χ0n) is 12.7. The molecule has 2 N–H and O–H groups in total. The fourth-order valence-corrected chi connectivity index (χ4v) is 2.27. The van der Waals surface area contributed by atoms with Gasteiger partial charge in [-0.2, -0.15) is 0 Å². The van der Waals surface area contributed by atoms with Gasteiger partial charge in [0.2, 0.25) is 0 Å². The number of nitrogens with one attached hydrogen (secondary N) is 2. The van der Waals surface area contributed by atoms with Crippen LogP contribution in [0.2, 0.25) is 5.02 Å². The van der Waals surface area contributed by atoms with Crippen LogP contribution in [0.3, 0.4) is 0 Å². The van der Waals surface area contributed by atoms with Gasteiger partial charge in [0.05, 0.1) is 10.6 Å². The highest BCUT2D eigenvalue weighted by atomic mass is 35.5. The number of rotatable bonds is 6. The molecule has 0 aliphatic heterocycles. The van der Waals surface area contributed by atoms with E-state index in [4.69, 9.17) is 11.6 Å². The van der Waals surface area contributed by atoms with E-state index < -0.39 is 0 Å². The van der Waals surface area contributed by atoms with Crippen molar-refractivity contribution in [3.8, 4) is 0 Å². The molecule has 0 unspecified atom stereocenters. The highest BCUT2D eigenvalue weighted by Gasteiger charge is 2.21. The summed E-state index contributed by atoms with van der Waals surface area (Å²) in [6.07, 6.45) is 1.48. The molecule has 0 bridgehead atoms. The van der Waals surface area contributed by atoms with Crippen LogP contribution in [0.4, 0.5) is 5.82 Å². The van der Waals surface area contributed by atoms with E-state index in [1.54, 1.807) is 13.1 Å². The Balaban J connectivity index is 2.72. The molecule has 112 valence electrons. The van der Waals surface area contributed by atoms with Crippen molar-refractivity contribution in [3.05, 3.63) is 22.8 Å². The Morgan fingerprint density at radius 2 is 2.10 bits per heavy atom. The first-order valence-corrected chi connectivity index (χ1v) is 6.89. The van der Waals surface area contributed by atoms with Gasteiger partial charge in [-0.25, -0.2) is 4.98 Å². The molecule has 5 nitrogen and oxygen atoms in total. The topological polar surface area (TPSA) is 57.3 Å². The number of anilines is 1. The lowest BCUT2D eigenvalue weighted by Gasteiger charge is -2.28. The van der Waals surface area contributed by atoms with E-state index in [1.807, 2.05) is 14.1 Å². The summed E-state index contributed by atoms with van der Waals surface area (Å²) in [4.78, 5) is 18.4. The lowest BCUT2D eigenvalue weighted by molar-refractivity contribution is 0.0929. The predicted molar refractivity (Wildman–Crippen MR) is 83.5 cm³/mol. The number of carbonyl (C=O) groups excluding carboxylic acids is 1. The van der Waals surface area contributed by atoms with Crippen LogP contribution in [0.5, 0.6) is 0 Å². The quantitative estimate of drug-likeness (QED) is 0.844. The van der Waals surface area contributed by atoms with Gasteiger partial charge in [0.25, 0.3) is 5.91 Å². The Labute approximate surface area is 125 Å². The second kappa shape index (κ2) is 6.90. The number of pyridine rings is 1. The van der Waals surface area contributed by atoms with Crippen molar-refractivity contribution in [2.75, 3.05) is 39.5 Å². The van der Waals surface area contributed by atoms with Gasteiger partial charge in [0.15, 0.2) is 0 Å². The van der Waals surface area contributed by atoms with Crippen LogP contribution in [0.25, 0.3) is 0 Å². The second-order valence-corrected chi connectivity index (χ2v) is 6.29. The maximum Gasteiger partial charge on any atom is 0.253 e. The molecule has 1 amide bonds. The van der Waals surface area contributed by atoms with Gasteiger partial charge < -0.3 is 15.5 Å². The van der Waals surface area contributed by atoms with Crippen molar-refractivity contribution in [2.24, 2.45) is 5.41 Å². The van der Waals surface area contributed by atoms with Gasteiger partial charge in [-0.1, -0.05) is 25.4 Å². The number of nitrogens with zero attached hydrogens (tertiary/aromatic N) is 2. The minimum Gasteiger partial charge on any atom is -0.373 e. The summed E-state index contributed by atoms with van der Waals surface area (Å²) >= 11 is 6.02. The van der Waals surface area contributed by atoms with Crippen LogP contribution in [0.1, 0.15) is 24.2 Å². The lowest BCUT2D eigenvalue weighted by atomic mass is 9.93. The van der Waals surface area contributed by atoms with Gasteiger partial charge in [-0.3, -0.25) is 4.79 Å². The normalized spacial score (nSPS) is 11.6. The Hall–Kier alpha value is -1.33. The summed E-state index contributed by atoms with van der Waals surface area (Å²) in [5, 5.41) is 6.18. The molecule has 1 aromatic rings. The number of amides is 1. The van der Waals surface area contributed by atoms with Gasteiger partial charge in [-0.15, -0.1) is 0 Å². The van der Waals surface area contributed by atoms with E-state index in [-0.39, 0.29) is 11.3 Å². The SMILES string of the molecule is CNc1cc(C(=O)NCC(C)(C)CN(C)C)c(Cl)cn1. The third-order valence-corrected chi connectivity index (χ3v) is 3.13. The molecule has 0 saturated carbocycles. The van der Waals surface area contributed by atoms with Gasteiger partial charge in [0, 0.05) is 26.3 Å². The summed E-state index contributed by atoms with van der Waals surface area (Å²) in [5.74, 6) is 0.438. The van der Waals surface area contributed by atoms with Crippen molar-refractivity contribution in [1.29, 1.82) is 0 Å². The maximum absolute atomic E-state index is 12.2. The minimum absolute atomic E-state index is 0.00942. The smallest absolute Gasteiger partial charge is 0.253 e. The zero-order valence-corrected chi connectivity index (χ0v) is 13.5. The molecule has 1 aromatic heterocycles. The molecule has 0 aliphatic carbocycles. The number of carbonyl (C=O) groups is 1. The largest absolute Gasteiger partial charge is 0.373 e. The summed E-state index contributed by atoms with van der Waals surface area (Å²) in [7, 11) is 5.78. The van der Waals surface area contributed by atoms with E-state index in [2.05, 4.69) is 34.4 Å². The van der Waals surface area contributed by atoms with Gasteiger partial charge in [-0.05, 0) is 25.6 Å². The molecule has 0 radical (unpaired) electrons. The van der Waals surface area contributed by atoms with Crippen molar-refractivity contribution in [1.82, 2.24) is 15.2 Å². The number of hydrogen-bond donors (Lipinski definition) is 2. The van der Waals surface area contributed by atoms with E-state index >= 15 is 0 Å². The summed E-state index contributed by atoms with van der Waals surface area (Å²) in [5.41, 5.74) is 0.427. The van der Waals surface area contributed by atoms with Crippen LogP contribution in [-0.2, 0) is 0 Å².